The molecule has 1 saturated heterocycles. The van der Waals surface area contributed by atoms with Crippen molar-refractivity contribution in [3.05, 3.63) is 46.6 Å². The van der Waals surface area contributed by atoms with Crippen molar-refractivity contribution in [3.63, 3.8) is 0 Å². The van der Waals surface area contributed by atoms with Crippen LogP contribution in [-0.4, -0.2) is 42.5 Å². The Morgan fingerprint density at radius 3 is 2.75 bits per heavy atom. The summed E-state index contributed by atoms with van der Waals surface area (Å²) < 4.78 is 5.42. The molecule has 0 amide bonds. The van der Waals surface area contributed by atoms with E-state index in [9.17, 15) is 0 Å². The third kappa shape index (κ3) is 3.47. The Morgan fingerprint density at radius 1 is 1.07 bits per heavy atom. The van der Waals surface area contributed by atoms with Crippen molar-refractivity contribution in [1.29, 1.82) is 0 Å². The standard InChI is InChI=1S/C21H23N5OS/c1-2-4-18-17(3-1)19-20(22-14-23-21(19)28-18)25-24-13-15-5-7-16(8-6-15)26-9-11-27-12-10-26/h5-8,13-14H,1-4,9-12H2,(H,22,23,25). The minimum Gasteiger partial charge on any atom is -0.378 e. The molecular weight excluding hydrogens is 370 g/mol. The molecule has 6 nitrogen and oxygen atoms in total. The number of hydrogen-bond donors (Lipinski definition) is 1. The Morgan fingerprint density at radius 2 is 1.89 bits per heavy atom. The molecule has 28 heavy (non-hydrogen) atoms. The molecule has 0 radical (unpaired) electrons. The molecule has 1 aromatic carbocycles. The van der Waals surface area contributed by atoms with Crippen molar-refractivity contribution < 1.29 is 4.74 Å². The molecule has 1 aliphatic carbocycles. The van der Waals surface area contributed by atoms with Gasteiger partial charge in [0.25, 0.3) is 0 Å². The monoisotopic (exact) mass is 393 g/mol. The Kier molecular flexibility index (Phi) is 4.93. The fourth-order valence-electron chi connectivity index (χ4n) is 3.94. The zero-order chi connectivity index (χ0) is 18.8. The van der Waals surface area contributed by atoms with E-state index in [4.69, 9.17) is 4.74 Å². The number of nitrogens with one attached hydrogen (secondary N) is 1. The third-order valence-corrected chi connectivity index (χ3v) is 6.60. The quantitative estimate of drug-likeness (QED) is 0.539. The Labute approximate surface area is 168 Å². The van der Waals surface area contributed by atoms with Gasteiger partial charge in [0.1, 0.15) is 11.2 Å². The van der Waals surface area contributed by atoms with Crippen LogP contribution in [0.15, 0.2) is 35.7 Å². The lowest BCUT2D eigenvalue weighted by Gasteiger charge is -2.28. The minimum absolute atomic E-state index is 0.798. The van der Waals surface area contributed by atoms with Crippen LogP contribution in [0.3, 0.4) is 0 Å². The topological polar surface area (TPSA) is 62.6 Å². The summed E-state index contributed by atoms with van der Waals surface area (Å²) >= 11 is 1.80. The van der Waals surface area contributed by atoms with E-state index in [1.54, 1.807) is 17.7 Å². The molecule has 0 spiro atoms. The highest BCUT2D eigenvalue weighted by atomic mass is 32.1. The normalized spacial score (nSPS) is 17.2. The first kappa shape index (κ1) is 17.6. The number of hydrazone groups is 1. The number of morpholine rings is 1. The maximum absolute atomic E-state index is 5.42. The van der Waals surface area contributed by atoms with Crippen molar-refractivity contribution in [2.45, 2.75) is 25.7 Å². The van der Waals surface area contributed by atoms with Gasteiger partial charge in [0.15, 0.2) is 5.82 Å². The molecule has 3 heterocycles. The molecular formula is C21H23N5OS. The molecule has 0 bridgehead atoms. The number of fused-ring (bicyclic) bond motifs is 3. The predicted octanol–water partition coefficient (Wildman–Crippen LogP) is 3.85. The number of aryl methyl sites for hydroxylation is 2. The number of aromatic nitrogens is 2. The van der Waals surface area contributed by atoms with Crippen molar-refractivity contribution in [2.24, 2.45) is 5.10 Å². The maximum Gasteiger partial charge on any atom is 0.158 e. The second-order valence-electron chi connectivity index (χ2n) is 7.17. The second kappa shape index (κ2) is 7.85. The summed E-state index contributed by atoms with van der Waals surface area (Å²) in [7, 11) is 0. The van der Waals surface area contributed by atoms with Crippen molar-refractivity contribution in [1.82, 2.24) is 9.97 Å². The summed E-state index contributed by atoms with van der Waals surface area (Å²) in [6.07, 6.45) is 8.26. The van der Waals surface area contributed by atoms with Gasteiger partial charge in [-0.25, -0.2) is 9.97 Å². The number of nitrogens with zero attached hydrogens (tertiary/aromatic N) is 4. The van der Waals surface area contributed by atoms with Crippen molar-refractivity contribution in [3.8, 4) is 0 Å². The van der Waals surface area contributed by atoms with Crippen LogP contribution >= 0.6 is 11.3 Å². The van der Waals surface area contributed by atoms with Gasteiger partial charge in [-0.15, -0.1) is 11.3 Å². The highest BCUT2D eigenvalue weighted by molar-refractivity contribution is 7.19. The Hall–Kier alpha value is -2.51. The van der Waals surface area contributed by atoms with Gasteiger partial charge in [-0.3, -0.25) is 5.43 Å². The van der Waals surface area contributed by atoms with E-state index in [1.807, 2.05) is 6.21 Å². The molecule has 1 aliphatic heterocycles. The molecule has 2 aliphatic rings. The van der Waals surface area contributed by atoms with E-state index >= 15 is 0 Å². The zero-order valence-electron chi connectivity index (χ0n) is 15.7. The van der Waals surface area contributed by atoms with Gasteiger partial charge in [-0.2, -0.15) is 5.10 Å². The first-order valence-corrected chi connectivity index (χ1v) is 10.7. The highest BCUT2D eigenvalue weighted by Crippen LogP contribution is 2.38. The van der Waals surface area contributed by atoms with Gasteiger partial charge < -0.3 is 9.64 Å². The van der Waals surface area contributed by atoms with Crippen molar-refractivity contribution in [2.75, 3.05) is 36.6 Å². The van der Waals surface area contributed by atoms with Gasteiger partial charge in [0.2, 0.25) is 0 Å². The molecule has 7 heteroatoms. The Balaban J connectivity index is 1.32. The molecule has 2 aromatic heterocycles. The van der Waals surface area contributed by atoms with Crippen LogP contribution in [0.25, 0.3) is 10.2 Å². The van der Waals surface area contributed by atoms with Crippen LogP contribution < -0.4 is 10.3 Å². The molecule has 3 aromatic rings. The van der Waals surface area contributed by atoms with Gasteiger partial charge in [-0.05, 0) is 48.9 Å². The average Bonchev–Trinajstić information content (AvgIpc) is 3.14. The lowest BCUT2D eigenvalue weighted by Crippen LogP contribution is -2.36. The van der Waals surface area contributed by atoms with Gasteiger partial charge in [-0.1, -0.05) is 12.1 Å². The van der Waals surface area contributed by atoms with E-state index in [1.165, 1.54) is 29.0 Å². The van der Waals surface area contributed by atoms with Crippen molar-refractivity contribution >= 4 is 39.3 Å². The van der Waals surface area contributed by atoms with Crippen LogP contribution in [0.1, 0.15) is 28.8 Å². The van der Waals surface area contributed by atoms with E-state index in [2.05, 4.69) is 49.7 Å². The first-order valence-electron chi connectivity index (χ1n) is 9.85. The summed E-state index contributed by atoms with van der Waals surface area (Å²) in [6, 6.07) is 8.48. The molecule has 0 unspecified atom stereocenters. The SMILES string of the molecule is C(=NNc1ncnc2sc3c(c12)CCCC3)c1ccc(N2CCOCC2)cc1. The fourth-order valence-corrected chi connectivity index (χ4v) is 5.16. The molecule has 5 rings (SSSR count). The lowest BCUT2D eigenvalue weighted by atomic mass is 9.97. The van der Waals surface area contributed by atoms with Gasteiger partial charge in [0.05, 0.1) is 24.8 Å². The molecule has 1 fully saturated rings. The van der Waals surface area contributed by atoms with Crippen LogP contribution in [-0.2, 0) is 17.6 Å². The first-order chi connectivity index (χ1) is 13.9. The molecule has 0 atom stereocenters. The van der Waals surface area contributed by atoms with Crippen LogP contribution in [0.4, 0.5) is 11.5 Å². The number of thiophene rings is 1. The molecule has 144 valence electrons. The Bertz CT molecular complexity index is 992. The van der Waals surface area contributed by atoms with Gasteiger partial charge >= 0.3 is 0 Å². The number of anilines is 2. The highest BCUT2D eigenvalue weighted by Gasteiger charge is 2.19. The van der Waals surface area contributed by atoms with Crippen LogP contribution in [0, 0.1) is 0 Å². The van der Waals surface area contributed by atoms with Crippen LogP contribution in [0.2, 0.25) is 0 Å². The van der Waals surface area contributed by atoms with E-state index in [-0.39, 0.29) is 0 Å². The minimum atomic E-state index is 0.798. The third-order valence-electron chi connectivity index (χ3n) is 5.40. The lowest BCUT2D eigenvalue weighted by molar-refractivity contribution is 0.122. The zero-order valence-corrected chi connectivity index (χ0v) is 16.5. The summed E-state index contributed by atoms with van der Waals surface area (Å²) in [5.74, 6) is 0.811. The van der Waals surface area contributed by atoms with E-state index in [0.717, 1.165) is 60.7 Å². The summed E-state index contributed by atoms with van der Waals surface area (Å²) in [6.45, 7) is 3.49. The number of rotatable bonds is 4. The fraction of sp³-hybridized carbons (Fsp3) is 0.381. The van der Waals surface area contributed by atoms with E-state index in [0.29, 0.717) is 0 Å². The average molecular weight is 394 g/mol. The maximum atomic E-state index is 5.42. The predicted molar refractivity (Wildman–Crippen MR) is 115 cm³/mol. The summed E-state index contributed by atoms with van der Waals surface area (Å²) in [4.78, 5) is 13.8. The van der Waals surface area contributed by atoms with Crippen LogP contribution in [0.5, 0.6) is 0 Å². The number of hydrogen-bond acceptors (Lipinski definition) is 7. The summed E-state index contributed by atoms with van der Waals surface area (Å²) in [5, 5.41) is 5.59. The molecule has 1 N–H and O–H groups in total. The summed E-state index contributed by atoms with van der Waals surface area (Å²) in [5.41, 5.74) is 6.85. The smallest absolute Gasteiger partial charge is 0.158 e. The van der Waals surface area contributed by atoms with E-state index < -0.39 is 0 Å². The van der Waals surface area contributed by atoms with Gasteiger partial charge in [0, 0.05) is 23.7 Å². The second-order valence-corrected chi connectivity index (χ2v) is 8.26. The largest absolute Gasteiger partial charge is 0.378 e. The number of benzene rings is 1. The number of ether oxygens (including phenoxy) is 1. The molecule has 0 saturated carbocycles.